The third kappa shape index (κ3) is 3.19. The quantitative estimate of drug-likeness (QED) is 0.395. The molecule has 3 saturated carbocycles. The van der Waals surface area contributed by atoms with E-state index in [4.69, 9.17) is 4.52 Å². The zero-order valence-electron chi connectivity index (χ0n) is 24.9. The number of rotatable bonds is 1. The first-order valence-electron chi connectivity index (χ1n) is 14.8. The van der Waals surface area contributed by atoms with Crippen molar-refractivity contribution in [3.63, 3.8) is 0 Å². The van der Waals surface area contributed by atoms with E-state index in [0.717, 1.165) is 50.5 Å². The van der Waals surface area contributed by atoms with E-state index in [2.05, 4.69) is 50.8 Å². The molecule has 6 nitrogen and oxygen atoms in total. The number of nitrogens with zero attached hydrogens (tertiary/aromatic N) is 3. The van der Waals surface area contributed by atoms with E-state index in [1.54, 1.807) is 0 Å². The molecule has 1 aromatic rings. The molecule has 1 heterocycles. The highest BCUT2D eigenvalue weighted by molar-refractivity contribution is 6.04. The molecule has 0 amide bonds. The number of ketones is 2. The van der Waals surface area contributed by atoms with Gasteiger partial charge in [-0.2, -0.15) is 10.2 Å². The first-order valence-corrected chi connectivity index (χ1v) is 14.8. The first kappa shape index (κ1) is 26.7. The molecular weight excluding hydrogens is 486 g/mol. The molecule has 0 saturated heterocycles. The second-order valence-electron chi connectivity index (χ2n) is 15.5. The highest BCUT2D eigenvalue weighted by Crippen LogP contribution is 2.74. The molecule has 1 aromatic heterocycles. The Hall–Kier alpha value is -2.55. The number of hydrogen-bond donors (Lipinski definition) is 0. The summed E-state index contributed by atoms with van der Waals surface area (Å²) in [7, 11) is 0. The fourth-order valence-electron chi connectivity index (χ4n) is 10.5. The third-order valence-corrected chi connectivity index (χ3v) is 13.1. The van der Waals surface area contributed by atoms with Crippen LogP contribution in [-0.2, 0) is 15.0 Å². The first-order chi connectivity index (χ1) is 18.1. The predicted octanol–water partition coefficient (Wildman–Crippen LogP) is 6.85. The Morgan fingerprint density at radius 1 is 1.00 bits per heavy atom. The summed E-state index contributed by atoms with van der Waals surface area (Å²) >= 11 is 0. The van der Waals surface area contributed by atoms with Gasteiger partial charge < -0.3 is 4.52 Å². The van der Waals surface area contributed by atoms with Crippen LogP contribution in [0.4, 0.5) is 0 Å². The molecule has 1 unspecified atom stereocenters. The molecule has 3 fully saturated rings. The summed E-state index contributed by atoms with van der Waals surface area (Å²) < 4.78 is 5.72. The molecule has 6 rings (SSSR count). The second kappa shape index (κ2) is 7.80. The van der Waals surface area contributed by atoms with E-state index < -0.39 is 10.8 Å². The number of nitriles is 1. The predicted molar refractivity (Wildman–Crippen MR) is 147 cm³/mol. The summed E-state index contributed by atoms with van der Waals surface area (Å²) in [5.41, 5.74) is -0.280. The highest BCUT2D eigenvalue weighted by Gasteiger charge is 2.69. The van der Waals surface area contributed by atoms with Gasteiger partial charge in [-0.1, -0.05) is 65.3 Å². The minimum absolute atomic E-state index is 0.0610. The number of carbonyl (C=O) groups excluding carboxylic acids is 2. The average Bonchev–Trinajstić information content (AvgIpc) is 3.31. The Morgan fingerprint density at radius 2 is 1.69 bits per heavy atom. The monoisotopic (exact) mass is 529 g/mol. The van der Waals surface area contributed by atoms with E-state index in [-0.39, 0.29) is 56.6 Å². The normalized spacial score (nSPS) is 46.6. The molecule has 39 heavy (non-hydrogen) atoms. The lowest BCUT2D eigenvalue weighted by Gasteiger charge is -2.69. The molecule has 208 valence electrons. The lowest BCUT2D eigenvalue weighted by molar-refractivity contribution is -0.166. The van der Waals surface area contributed by atoms with Crippen molar-refractivity contribution in [2.75, 3.05) is 0 Å². The zero-order valence-corrected chi connectivity index (χ0v) is 24.9. The molecule has 0 aliphatic heterocycles. The molecule has 0 spiro atoms. The summed E-state index contributed by atoms with van der Waals surface area (Å²) in [4.78, 5) is 32.4. The Kier molecular flexibility index (Phi) is 5.33. The van der Waals surface area contributed by atoms with Gasteiger partial charge >= 0.3 is 0 Å². The number of aryl methyl sites for hydroxylation is 1. The number of aromatic nitrogens is 2. The minimum atomic E-state index is -0.643. The van der Waals surface area contributed by atoms with Gasteiger partial charge in [-0.3, -0.25) is 9.59 Å². The fourth-order valence-corrected chi connectivity index (χ4v) is 10.5. The molecule has 5 aliphatic rings. The Labute approximate surface area is 232 Å². The van der Waals surface area contributed by atoms with Gasteiger partial charge in [0.1, 0.15) is 6.07 Å². The largest absolute Gasteiger partial charge is 0.339 e. The number of hydrogen-bond acceptors (Lipinski definition) is 6. The molecule has 0 aromatic carbocycles. The van der Waals surface area contributed by atoms with Gasteiger partial charge in [0.15, 0.2) is 17.4 Å². The topological polar surface area (TPSA) is 96.9 Å². The molecule has 0 bridgehead atoms. The SMILES string of the molecule is Cc1noc([C@@]2(C)CC[C@]3(C)CC[C@]4(C)C(C(=O)C=C5[C@@]6(C)C=C(C#N)C(=O)C(C)(C)[C@@H]6CC[C@]54C)[C@@H]3C2)n1. The lowest BCUT2D eigenvalue weighted by atomic mass is 9.34. The van der Waals surface area contributed by atoms with Crippen molar-refractivity contribution >= 4 is 11.6 Å². The molecule has 5 aliphatic carbocycles. The Morgan fingerprint density at radius 3 is 2.33 bits per heavy atom. The van der Waals surface area contributed by atoms with E-state index >= 15 is 0 Å². The standard InChI is InChI=1S/C33H43N3O3/c1-19-35-27(39-36-19)30(5)12-11-29(4)13-14-33(8)25(21(29)17-30)22(37)15-24-31(6)16-20(18-34)26(38)28(2,3)23(31)9-10-32(24,33)7/h15-16,21,23,25H,9-14,17H2,1-8H3/t21-,23-,25?,29+,30-,31-,32+,33+/m0/s1. The third-order valence-electron chi connectivity index (χ3n) is 13.1. The van der Waals surface area contributed by atoms with Crippen LogP contribution in [0, 0.1) is 63.1 Å². The molecule has 6 heteroatoms. The van der Waals surface area contributed by atoms with Crippen LogP contribution in [0.15, 0.2) is 27.8 Å². The van der Waals surface area contributed by atoms with Crippen LogP contribution in [0.5, 0.6) is 0 Å². The second-order valence-corrected chi connectivity index (χ2v) is 15.5. The van der Waals surface area contributed by atoms with Gasteiger partial charge in [-0.15, -0.1) is 0 Å². The number of carbonyl (C=O) groups is 2. The van der Waals surface area contributed by atoms with E-state index in [1.165, 1.54) is 0 Å². The van der Waals surface area contributed by atoms with Crippen molar-refractivity contribution in [1.29, 1.82) is 5.26 Å². The number of allylic oxidation sites excluding steroid dienone is 4. The Balaban J connectivity index is 1.48. The lowest BCUT2D eigenvalue weighted by Crippen LogP contribution is -2.64. The minimum Gasteiger partial charge on any atom is -0.339 e. The van der Waals surface area contributed by atoms with Gasteiger partial charge in [0.25, 0.3) is 0 Å². The van der Waals surface area contributed by atoms with Crippen molar-refractivity contribution in [3.8, 4) is 6.07 Å². The summed E-state index contributed by atoms with van der Waals surface area (Å²) in [6.07, 6.45) is 10.8. The summed E-state index contributed by atoms with van der Waals surface area (Å²) in [5, 5.41) is 14.0. The number of fused-ring (bicyclic) bond motifs is 7. The average molecular weight is 530 g/mol. The summed E-state index contributed by atoms with van der Waals surface area (Å²) in [5.74, 6) is 1.75. The fraction of sp³-hybridized carbons (Fsp3) is 0.727. The van der Waals surface area contributed by atoms with E-state index in [9.17, 15) is 14.9 Å². The van der Waals surface area contributed by atoms with Crippen molar-refractivity contribution in [3.05, 3.63) is 35.0 Å². The zero-order chi connectivity index (χ0) is 28.4. The molecule has 0 radical (unpaired) electrons. The smallest absolute Gasteiger partial charge is 0.232 e. The van der Waals surface area contributed by atoms with Crippen LogP contribution < -0.4 is 0 Å². The molecule has 8 atom stereocenters. The molecule has 0 N–H and O–H groups in total. The van der Waals surface area contributed by atoms with E-state index in [0.29, 0.717) is 11.7 Å². The highest BCUT2D eigenvalue weighted by atomic mass is 16.5. The van der Waals surface area contributed by atoms with Crippen LogP contribution in [0.2, 0.25) is 0 Å². The van der Waals surface area contributed by atoms with Crippen molar-refractivity contribution in [2.24, 2.45) is 44.8 Å². The maximum absolute atomic E-state index is 14.5. The van der Waals surface area contributed by atoms with Gasteiger partial charge in [0.2, 0.25) is 5.89 Å². The Bertz CT molecular complexity index is 1390. The van der Waals surface area contributed by atoms with Crippen LogP contribution in [0.1, 0.15) is 105 Å². The van der Waals surface area contributed by atoms with Crippen LogP contribution >= 0.6 is 0 Å². The van der Waals surface area contributed by atoms with Crippen molar-refractivity contribution in [2.45, 2.75) is 106 Å². The van der Waals surface area contributed by atoms with Crippen molar-refractivity contribution in [1.82, 2.24) is 10.1 Å². The van der Waals surface area contributed by atoms with Gasteiger partial charge in [0, 0.05) is 22.2 Å². The van der Waals surface area contributed by atoms with E-state index in [1.807, 2.05) is 32.9 Å². The summed E-state index contributed by atoms with van der Waals surface area (Å²) in [6.45, 7) is 17.4. The molecular formula is C33H43N3O3. The maximum atomic E-state index is 14.5. The van der Waals surface area contributed by atoms with Gasteiger partial charge in [0.05, 0.1) is 5.57 Å². The van der Waals surface area contributed by atoms with Crippen LogP contribution in [-0.4, -0.2) is 21.7 Å². The summed E-state index contributed by atoms with van der Waals surface area (Å²) in [6, 6.07) is 2.20. The maximum Gasteiger partial charge on any atom is 0.232 e. The van der Waals surface area contributed by atoms with Gasteiger partial charge in [-0.05, 0) is 86.0 Å². The van der Waals surface area contributed by atoms with Crippen LogP contribution in [0.3, 0.4) is 0 Å². The van der Waals surface area contributed by atoms with Gasteiger partial charge in [-0.25, -0.2) is 0 Å². The van der Waals surface area contributed by atoms with Crippen LogP contribution in [0.25, 0.3) is 0 Å². The van der Waals surface area contributed by atoms with Crippen molar-refractivity contribution < 1.29 is 14.1 Å². The number of Topliss-reactive ketones (excluding diaryl/α,β-unsaturated/α-hetero) is 1.